The third-order valence-corrected chi connectivity index (χ3v) is 6.71. The van der Waals surface area contributed by atoms with Crippen LogP contribution in [0.1, 0.15) is 42.3 Å². The molecule has 0 saturated heterocycles. The average Bonchev–Trinajstić information content (AvgIpc) is 2.90. The Labute approximate surface area is 226 Å². The normalized spacial score (nSPS) is 10.7. The van der Waals surface area contributed by atoms with Crippen molar-refractivity contribution >= 4 is 40.9 Å². The van der Waals surface area contributed by atoms with Crippen LogP contribution in [-0.4, -0.2) is 28.8 Å². The van der Waals surface area contributed by atoms with Crippen LogP contribution in [0.5, 0.6) is 0 Å². The van der Waals surface area contributed by atoms with E-state index in [9.17, 15) is 14.0 Å². The van der Waals surface area contributed by atoms with E-state index < -0.39 is 17.1 Å². The van der Waals surface area contributed by atoms with Crippen LogP contribution in [-0.2, 0) is 10.2 Å². The summed E-state index contributed by atoms with van der Waals surface area (Å²) in [5, 5.41) is 6.30. The van der Waals surface area contributed by atoms with Gasteiger partial charge in [-0.2, -0.15) is 0 Å². The lowest BCUT2D eigenvalue weighted by molar-refractivity contribution is -0.118. The van der Waals surface area contributed by atoms with Crippen molar-refractivity contribution in [2.45, 2.75) is 38.1 Å². The van der Waals surface area contributed by atoms with Gasteiger partial charge in [-0.05, 0) is 68.4 Å². The number of aromatic nitrogens is 2. The smallest absolute Gasteiger partial charge is 0.255 e. The number of thioether (sulfide) groups is 1. The van der Waals surface area contributed by atoms with E-state index in [1.807, 2.05) is 26.8 Å². The standard InChI is InChI=1S/C29H28FN5O2S/c1-8-25(32-19(4)36)38-27-18(3)17-31-28(34-27)35(7)22-13-14-23(30)24(16-22)33-26(37)20-11-10-12-21(15-20)29(5,6)9-2/h2,10-17H,1H2,3-7H3,(H,32,36)(H,33,37). The van der Waals surface area contributed by atoms with Crippen LogP contribution < -0.4 is 15.5 Å². The van der Waals surface area contributed by atoms with Gasteiger partial charge in [0.2, 0.25) is 11.9 Å². The van der Waals surface area contributed by atoms with E-state index in [-0.39, 0.29) is 11.6 Å². The van der Waals surface area contributed by atoms with Crippen molar-refractivity contribution < 1.29 is 14.0 Å². The maximum Gasteiger partial charge on any atom is 0.255 e. The summed E-state index contributed by atoms with van der Waals surface area (Å²) in [6, 6.07) is 11.3. The lowest BCUT2D eigenvalue weighted by Gasteiger charge is -2.20. The Hall–Kier alpha value is -4.38. The van der Waals surface area contributed by atoms with Gasteiger partial charge in [-0.25, -0.2) is 14.4 Å². The molecule has 0 radical (unpaired) electrons. The maximum absolute atomic E-state index is 14.7. The minimum atomic E-state index is -0.590. The number of carbonyl (C=O) groups excluding carboxylic acids is 2. The zero-order valence-corrected chi connectivity index (χ0v) is 22.7. The number of terminal acetylenes is 1. The van der Waals surface area contributed by atoms with Crippen LogP contribution in [0.3, 0.4) is 0 Å². The molecule has 2 N–H and O–H groups in total. The first-order valence-electron chi connectivity index (χ1n) is 11.6. The Bertz CT molecular complexity index is 1490. The molecule has 3 aromatic rings. The molecule has 194 valence electrons. The van der Waals surface area contributed by atoms with Crippen LogP contribution in [0, 0.1) is 25.1 Å². The molecule has 2 aromatic carbocycles. The molecule has 1 aromatic heterocycles. The summed E-state index contributed by atoms with van der Waals surface area (Å²) < 4.78 is 14.7. The number of benzene rings is 2. The summed E-state index contributed by atoms with van der Waals surface area (Å²) in [4.78, 5) is 35.0. The molecule has 0 fully saturated rings. The first-order valence-corrected chi connectivity index (χ1v) is 12.4. The highest BCUT2D eigenvalue weighted by Gasteiger charge is 2.20. The predicted octanol–water partition coefficient (Wildman–Crippen LogP) is 5.71. The average molecular weight is 530 g/mol. The fraction of sp³-hybridized carbons (Fsp3) is 0.207. The van der Waals surface area contributed by atoms with E-state index in [0.29, 0.717) is 27.3 Å². The van der Waals surface area contributed by atoms with E-state index in [1.54, 1.807) is 42.4 Å². The Balaban J connectivity index is 1.86. The monoisotopic (exact) mass is 529 g/mol. The van der Waals surface area contributed by atoms with Crippen molar-refractivity contribution in [3.05, 3.63) is 88.5 Å². The minimum absolute atomic E-state index is 0.00482. The van der Waals surface area contributed by atoms with Crippen molar-refractivity contribution in [1.82, 2.24) is 15.3 Å². The fourth-order valence-electron chi connectivity index (χ4n) is 3.31. The summed E-state index contributed by atoms with van der Waals surface area (Å²) in [6.45, 7) is 10.6. The zero-order valence-electron chi connectivity index (χ0n) is 21.8. The van der Waals surface area contributed by atoms with Crippen molar-refractivity contribution in [1.29, 1.82) is 0 Å². The Morgan fingerprint density at radius 3 is 2.61 bits per heavy atom. The van der Waals surface area contributed by atoms with Crippen LogP contribution >= 0.6 is 11.8 Å². The van der Waals surface area contributed by atoms with Crippen LogP contribution in [0.2, 0.25) is 0 Å². The molecule has 0 saturated carbocycles. The lowest BCUT2D eigenvalue weighted by atomic mass is 9.85. The lowest BCUT2D eigenvalue weighted by Crippen LogP contribution is -2.18. The van der Waals surface area contributed by atoms with E-state index in [4.69, 9.17) is 6.42 Å². The SMILES string of the molecule is C#CC(C)(C)c1cccc(C(=O)Nc2cc(N(C)c3ncc(C)c(SC(=C=C)NC(C)=O)n3)ccc2F)c1. The number of nitrogens with zero attached hydrogens (tertiary/aromatic N) is 3. The maximum atomic E-state index is 14.7. The molecule has 0 atom stereocenters. The van der Waals surface area contributed by atoms with Crippen LogP contribution in [0.25, 0.3) is 0 Å². The van der Waals surface area contributed by atoms with Crippen LogP contribution in [0.15, 0.2) is 71.0 Å². The number of nitrogens with one attached hydrogen (secondary N) is 2. The minimum Gasteiger partial charge on any atom is -0.319 e. The largest absolute Gasteiger partial charge is 0.319 e. The molecule has 2 amide bonds. The number of rotatable bonds is 8. The van der Waals surface area contributed by atoms with Crippen molar-refractivity contribution in [3.63, 3.8) is 0 Å². The van der Waals surface area contributed by atoms with Gasteiger partial charge in [0.15, 0.2) is 0 Å². The van der Waals surface area contributed by atoms with Crippen molar-refractivity contribution in [3.8, 4) is 12.3 Å². The molecular formula is C29H28FN5O2S. The van der Waals surface area contributed by atoms with Gasteiger partial charge in [-0.1, -0.05) is 30.4 Å². The number of hydrogen-bond donors (Lipinski definition) is 2. The second kappa shape index (κ2) is 11.8. The number of carbonyl (C=O) groups is 2. The number of aryl methyl sites for hydroxylation is 1. The van der Waals surface area contributed by atoms with Gasteiger partial charge in [0.05, 0.1) is 11.1 Å². The zero-order chi connectivity index (χ0) is 28.0. The summed E-state index contributed by atoms with van der Waals surface area (Å²) in [6.07, 6.45) is 7.27. The third-order valence-electron chi connectivity index (χ3n) is 5.65. The molecule has 0 aliphatic heterocycles. The van der Waals surface area contributed by atoms with Gasteiger partial charge in [0.1, 0.15) is 15.9 Å². The summed E-state index contributed by atoms with van der Waals surface area (Å²) in [5.41, 5.74) is 4.63. The molecule has 9 heteroatoms. The first kappa shape index (κ1) is 28.2. The number of anilines is 3. The quantitative estimate of drug-likeness (QED) is 0.168. The van der Waals surface area contributed by atoms with Gasteiger partial charge in [-0.3, -0.25) is 9.59 Å². The van der Waals surface area contributed by atoms with E-state index in [0.717, 1.165) is 11.1 Å². The van der Waals surface area contributed by atoms with Gasteiger partial charge >= 0.3 is 0 Å². The van der Waals surface area contributed by atoms with Gasteiger partial charge in [-0.15, -0.1) is 6.42 Å². The molecule has 1 heterocycles. The molecule has 3 rings (SSSR count). The summed E-state index contributed by atoms with van der Waals surface area (Å²) >= 11 is 1.19. The summed E-state index contributed by atoms with van der Waals surface area (Å²) in [5.74, 6) is 1.73. The third kappa shape index (κ3) is 6.68. The number of halogens is 1. The molecule has 7 nitrogen and oxygen atoms in total. The van der Waals surface area contributed by atoms with E-state index >= 15 is 0 Å². The second-order valence-corrected chi connectivity index (χ2v) is 9.97. The molecule has 38 heavy (non-hydrogen) atoms. The highest BCUT2D eigenvalue weighted by atomic mass is 32.2. The first-order chi connectivity index (χ1) is 17.9. The molecule has 0 aliphatic rings. The highest BCUT2D eigenvalue weighted by Crippen LogP contribution is 2.30. The summed E-state index contributed by atoms with van der Waals surface area (Å²) in [7, 11) is 1.72. The molecule has 0 unspecified atom stereocenters. The van der Waals surface area contributed by atoms with Crippen molar-refractivity contribution in [2.24, 2.45) is 0 Å². The van der Waals surface area contributed by atoms with E-state index in [1.165, 1.54) is 30.8 Å². The number of amides is 2. The Morgan fingerprint density at radius 1 is 1.21 bits per heavy atom. The molecule has 0 bridgehead atoms. The van der Waals surface area contributed by atoms with Crippen LogP contribution in [0.4, 0.5) is 21.7 Å². The van der Waals surface area contributed by atoms with Gasteiger partial charge < -0.3 is 15.5 Å². The highest BCUT2D eigenvalue weighted by molar-refractivity contribution is 8.03. The van der Waals surface area contributed by atoms with E-state index in [2.05, 4.69) is 38.8 Å². The van der Waals surface area contributed by atoms with Gasteiger partial charge in [0, 0.05) is 37.0 Å². The molecule has 0 spiro atoms. The Morgan fingerprint density at radius 2 is 1.95 bits per heavy atom. The molecule has 0 aliphatic carbocycles. The van der Waals surface area contributed by atoms with Crippen molar-refractivity contribution in [2.75, 3.05) is 17.3 Å². The topological polar surface area (TPSA) is 87.2 Å². The van der Waals surface area contributed by atoms with Gasteiger partial charge in [0.25, 0.3) is 5.91 Å². The predicted molar refractivity (Wildman–Crippen MR) is 150 cm³/mol. The second-order valence-electron chi connectivity index (χ2n) is 8.97. The molecular weight excluding hydrogens is 501 g/mol. The fourth-order valence-corrected chi connectivity index (χ4v) is 4.11. The Kier molecular flexibility index (Phi) is 8.74. The number of hydrogen-bond acceptors (Lipinski definition) is 6.